The molecule has 164 valence electrons. The molecule has 0 atom stereocenters. The van der Waals surface area contributed by atoms with Crippen LogP contribution in [0.2, 0.25) is 0 Å². The minimum Gasteiger partial charge on any atom is -0.299 e. The van der Waals surface area contributed by atoms with Gasteiger partial charge in [-0.2, -0.15) is 0 Å². The molecule has 0 saturated carbocycles. The van der Waals surface area contributed by atoms with Crippen molar-refractivity contribution in [2.24, 2.45) is 10.2 Å². The molecule has 7 heteroatoms. The molecule has 0 bridgehead atoms. The Morgan fingerprint density at radius 3 is 1.38 bits per heavy atom. The molecule has 0 aliphatic rings. The molecule has 0 heterocycles. The van der Waals surface area contributed by atoms with E-state index in [1.165, 1.54) is 0 Å². The summed E-state index contributed by atoms with van der Waals surface area (Å²) in [6, 6.07) is 30.6. The van der Waals surface area contributed by atoms with Gasteiger partial charge in [0.1, 0.15) is 0 Å². The number of nitrogens with zero attached hydrogens (tertiary/aromatic N) is 4. The van der Waals surface area contributed by atoms with Gasteiger partial charge in [0.15, 0.2) is 6.04 Å². The quantitative estimate of drug-likeness (QED) is 0.226. The summed E-state index contributed by atoms with van der Waals surface area (Å²) < 4.78 is 12.9. The zero-order valence-electron chi connectivity index (χ0n) is 19.0. The Balaban J connectivity index is 1.95. The first-order chi connectivity index (χ1) is 15.5. The molecule has 0 aromatic heterocycles. The Morgan fingerprint density at radius 1 is 0.625 bits per heavy atom. The zero-order chi connectivity index (χ0) is 22.8. The largest absolute Gasteiger partial charge is 0.788 e. The lowest BCUT2D eigenvalue weighted by Crippen LogP contribution is -2.34. The summed E-state index contributed by atoms with van der Waals surface area (Å²) in [4.78, 5) is 0. The van der Waals surface area contributed by atoms with Gasteiger partial charge in [-0.05, 0) is 29.8 Å². The maximum Gasteiger partial charge on any atom is 0.788 e. The highest BCUT2D eigenvalue weighted by atomic mass is 28.3. The van der Waals surface area contributed by atoms with Crippen molar-refractivity contribution in [3.63, 3.8) is 0 Å². The molecule has 0 radical (unpaired) electrons. The SMILES string of the molecule is CN(C)/N=C(\O[Si+](Cc1ccccc1)O/C(=N/N(C)C)c1ccccc1)c1ccccc1. The number of hydrazone groups is 2. The van der Waals surface area contributed by atoms with Crippen molar-refractivity contribution in [1.29, 1.82) is 0 Å². The van der Waals surface area contributed by atoms with E-state index in [0.717, 1.165) is 16.7 Å². The highest BCUT2D eigenvalue weighted by Gasteiger charge is 2.42. The van der Waals surface area contributed by atoms with Crippen LogP contribution in [0.5, 0.6) is 0 Å². The maximum absolute atomic E-state index is 6.47. The third-order valence-corrected chi connectivity index (χ3v) is 5.77. The van der Waals surface area contributed by atoms with Crippen LogP contribution in [-0.2, 0) is 14.9 Å². The van der Waals surface area contributed by atoms with Crippen LogP contribution < -0.4 is 0 Å². The van der Waals surface area contributed by atoms with Gasteiger partial charge < -0.3 is 0 Å². The van der Waals surface area contributed by atoms with Crippen molar-refractivity contribution in [1.82, 2.24) is 10.0 Å². The Hall–Kier alpha value is -3.58. The van der Waals surface area contributed by atoms with Crippen molar-refractivity contribution in [2.45, 2.75) is 6.04 Å². The van der Waals surface area contributed by atoms with Crippen molar-refractivity contribution in [3.8, 4) is 0 Å². The lowest BCUT2D eigenvalue weighted by Gasteiger charge is -2.12. The van der Waals surface area contributed by atoms with Crippen LogP contribution in [0, 0.1) is 0 Å². The van der Waals surface area contributed by atoms with Gasteiger partial charge in [0.05, 0.1) is 0 Å². The average Bonchev–Trinajstić information content (AvgIpc) is 2.79. The molecule has 0 aliphatic carbocycles. The van der Waals surface area contributed by atoms with Crippen molar-refractivity contribution in [2.75, 3.05) is 28.2 Å². The molecule has 6 nitrogen and oxygen atoms in total. The van der Waals surface area contributed by atoms with E-state index in [4.69, 9.17) is 8.85 Å². The van der Waals surface area contributed by atoms with Gasteiger partial charge in [0, 0.05) is 39.3 Å². The summed E-state index contributed by atoms with van der Waals surface area (Å²) in [7, 11) is 5.60. The van der Waals surface area contributed by atoms with Crippen LogP contribution in [0.4, 0.5) is 0 Å². The molecule has 0 saturated heterocycles. The van der Waals surface area contributed by atoms with E-state index in [1.807, 2.05) is 107 Å². The summed E-state index contributed by atoms with van der Waals surface area (Å²) in [5, 5.41) is 12.7. The fraction of sp³-hybridized carbons (Fsp3) is 0.200. The molecule has 0 unspecified atom stereocenters. The van der Waals surface area contributed by atoms with E-state index in [9.17, 15) is 0 Å². The lowest BCUT2D eigenvalue weighted by molar-refractivity contribution is 0.365. The molecule has 0 fully saturated rings. The van der Waals surface area contributed by atoms with Gasteiger partial charge in [-0.1, -0.05) is 66.7 Å². The van der Waals surface area contributed by atoms with Crippen LogP contribution in [-0.4, -0.2) is 59.3 Å². The highest BCUT2D eigenvalue weighted by molar-refractivity contribution is 6.49. The average molecular weight is 446 g/mol. The first kappa shape index (κ1) is 23.1. The van der Waals surface area contributed by atoms with Crippen LogP contribution in [0.1, 0.15) is 16.7 Å². The second kappa shape index (κ2) is 11.7. The standard InChI is InChI=1S/C25H29N4O2Si/c1-28(2)26-24(22-16-10-6-11-17-22)30-32(20-21-14-8-5-9-15-21)31-25(27-29(3)4)23-18-12-7-13-19-23/h5-19H,20H2,1-4H3/q+1/b26-24-,27-25+. The Bertz CT molecular complexity index is 946. The molecule has 3 rings (SSSR count). The van der Waals surface area contributed by atoms with Gasteiger partial charge in [-0.3, -0.25) is 18.9 Å². The number of benzene rings is 3. The zero-order valence-corrected chi connectivity index (χ0v) is 20.0. The molecule has 32 heavy (non-hydrogen) atoms. The van der Waals surface area contributed by atoms with Crippen LogP contribution in [0.3, 0.4) is 0 Å². The fourth-order valence-electron chi connectivity index (χ4n) is 2.87. The van der Waals surface area contributed by atoms with Crippen LogP contribution in [0.25, 0.3) is 0 Å². The molecule has 0 spiro atoms. The summed E-state index contributed by atoms with van der Waals surface area (Å²) in [6.07, 6.45) is 0. The molecular formula is C25H29N4O2Si+. The molecule has 0 amide bonds. The number of hydrogen-bond donors (Lipinski definition) is 0. The molecule has 3 aromatic carbocycles. The monoisotopic (exact) mass is 445 g/mol. The van der Waals surface area contributed by atoms with Crippen LogP contribution in [0.15, 0.2) is 101 Å². The summed E-state index contributed by atoms with van der Waals surface area (Å²) in [5.41, 5.74) is 2.92. The van der Waals surface area contributed by atoms with Gasteiger partial charge in [-0.25, -0.2) is 0 Å². The van der Waals surface area contributed by atoms with E-state index >= 15 is 0 Å². The Kier molecular flexibility index (Phi) is 8.45. The van der Waals surface area contributed by atoms with Crippen molar-refractivity contribution >= 4 is 21.1 Å². The molecule has 0 aliphatic heterocycles. The lowest BCUT2D eigenvalue weighted by atomic mass is 10.2. The van der Waals surface area contributed by atoms with E-state index in [-0.39, 0.29) is 0 Å². The first-order valence-corrected chi connectivity index (χ1v) is 11.9. The van der Waals surface area contributed by atoms with Crippen molar-refractivity contribution < 1.29 is 8.85 Å². The van der Waals surface area contributed by atoms with E-state index in [1.54, 1.807) is 10.0 Å². The third kappa shape index (κ3) is 7.28. The van der Waals surface area contributed by atoms with Gasteiger partial charge in [0.25, 0.3) is 11.8 Å². The van der Waals surface area contributed by atoms with Crippen LogP contribution >= 0.6 is 0 Å². The summed E-state index contributed by atoms with van der Waals surface area (Å²) >= 11 is 0. The molecule has 3 aromatic rings. The van der Waals surface area contributed by atoms with Gasteiger partial charge >= 0.3 is 9.28 Å². The fourth-order valence-corrected chi connectivity index (χ4v) is 4.37. The highest BCUT2D eigenvalue weighted by Crippen LogP contribution is 2.13. The second-order valence-electron chi connectivity index (χ2n) is 7.48. The predicted molar refractivity (Wildman–Crippen MR) is 131 cm³/mol. The number of rotatable bonds is 8. The normalized spacial score (nSPS) is 11.6. The Morgan fingerprint density at radius 2 is 1.00 bits per heavy atom. The predicted octanol–water partition coefficient (Wildman–Crippen LogP) is 4.14. The minimum atomic E-state index is -1.89. The topological polar surface area (TPSA) is 49.7 Å². The van der Waals surface area contributed by atoms with Gasteiger partial charge in [-0.15, -0.1) is 10.2 Å². The third-order valence-electron chi connectivity index (χ3n) is 4.24. The minimum absolute atomic E-state index is 0.526. The van der Waals surface area contributed by atoms with Crippen molar-refractivity contribution in [3.05, 3.63) is 108 Å². The molecular weight excluding hydrogens is 416 g/mol. The maximum atomic E-state index is 6.47. The van der Waals surface area contributed by atoms with E-state index in [2.05, 4.69) is 22.3 Å². The summed E-state index contributed by atoms with van der Waals surface area (Å²) in [5.74, 6) is 1.05. The smallest absolute Gasteiger partial charge is 0.299 e. The summed E-state index contributed by atoms with van der Waals surface area (Å²) in [6.45, 7) is 0. The second-order valence-corrected chi connectivity index (χ2v) is 8.98. The number of hydrogen-bond acceptors (Lipinski definition) is 6. The van der Waals surface area contributed by atoms with Gasteiger partial charge in [0.2, 0.25) is 0 Å². The van der Waals surface area contributed by atoms with E-state index in [0.29, 0.717) is 17.8 Å². The van der Waals surface area contributed by atoms with E-state index < -0.39 is 9.28 Å². The molecule has 0 N–H and O–H groups in total. The first-order valence-electron chi connectivity index (χ1n) is 10.4. The Labute approximate surface area is 192 Å².